The summed E-state index contributed by atoms with van der Waals surface area (Å²) in [5.74, 6) is 1.81. The second-order valence-corrected chi connectivity index (χ2v) is 5.76. The highest BCUT2D eigenvalue weighted by Crippen LogP contribution is 2.39. The van der Waals surface area contributed by atoms with Crippen molar-refractivity contribution in [3.05, 3.63) is 23.8 Å². The van der Waals surface area contributed by atoms with Crippen LogP contribution in [0.1, 0.15) is 31.4 Å². The zero-order chi connectivity index (χ0) is 14.8. The number of rotatable bonds is 4. The Balaban J connectivity index is 0.00000176. The molecule has 1 amide bonds. The van der Waals surface area contributed by atoms with Gasteiger partial charge in [-0.15, -0.1) is 12.4 Å². The van der Waals surface area contributed by atoms with E-state index in [1.54, 1.807) is 0 Å². The number of hydrogen-bond acceptors (Lipinski definition) is 4. The van der Waals surface area contributed by atoms with Gasteiger partial charge < -0.3 is 19.7 Å². The minimum absolute atomic E-state index is 0. The van der Waals surface area contributed by atoms with Crippen LogP contribution in [0.25, 0.3) is 0 Å². The average molecular weight is 327 g/mol. The third-order valence-electron chi connectivity index (χ3n) is 4.25. The molecule has 1 saturated heterocycles. The molecule has 2 atom stereocenters. The fourth-order valence-corrected chi connectivity index (χ4v) is 3.17. The number of fused-ring (bicyclic) bond motifs is 1. The molecule has 0 bridgehead atoms. The fraction of sp³-hybridized carbons (Fsp3) is 0.562. The molecule has 122 valence electrons. The lowest BCUT2D eigenvalue weighted by Crippen LogP contribution is -2.38. The van der Waals surface area contributed by atoms with Crippen molar-refractivity contribution < 1.29 is 14.3 Å². The third kappa shape index (κ3) is 3.15. The maximum atomic E-state index is 12.6. The first-order valence-electron chi connectivity index (χ1n) is 7.55. The lowest BCUT2D eigenvalue weighted by molar-refractivity contribution is -0.135. The van der Waals surface area contributed by atoms with Gasteiger partial charge in [0.05, 0.1) is 6.04 Å². The van der Waals surface area contributed by atoms with Crippen molar-refractivity contribution in [3.63, 3.8) is 0 Å². The fourth-order valence-electron chi connectivity index (χ4n) is 3.17. The summed E-state index contributed by atoms with van der Waals surface area (Å²) in [6.07, 6.45) is 2.06. The summed E-state index contributed by atoms with van der Waals surface area (Å²) >= 11 is 0. The molecule has 1 aromatic rings. The molecule has 2 aliphatic heterocycles. The van der Waals surface area contributed by atoms with E-state index >= 15 is 0 Å². The smallest absolute Gasteiger partial charge is 0.231 e. The second kappa shape index (κ2) is 7.20. The Morgan fingerprint density at radius 3 is 2.95 bits per heavy atom. The van der Waals surface area contributed by atoms with Crippen LogP contribution in [-0.2, 0) is 4.79 Å². The van der Waals surface area contributed by atoms with E-state index in [0.29, 0.717) is 6.54 Å². The molecule has 6 heteroatoms. The summed E-state index contributed by atoms with van der Waals surface area (Å²) in [4.78, 5) is 14.6. The van der Waals surface area contributed by atoms with Crippen LogP contribution in [0.15, 0.2) is 18.2 Å². The van der Waals surface area contributed by atoms with Gasteiger partial charge in [-0.2, -0.15) is 0 Å². The summed E-state index contributed by atoms with van der Waals surface area (Å²) < 4.78 is 10.8. The second-order valence-electron chi connectivity index (χ2n) is 5.76. The number of carbonyl (C=O) groups is 1. The molecular formula is C16H23ClN2O3. The van der Waals surface area contributed by atoms with Crippen molar-refractivity contribution in [1.29, 1.82) is 0 Å². The number of halogens is 1. The molecule has 2 unspecified atom stereocenters. The quantitative estimate of drug-likeness (QED) is 0.923. The maximum absolute atomic E-state index is 12.6. The van der Waals surface area contributed by atoms with Crippen LogP contribution >= 0.6 is 12.4 Å². The predicted molar refractivity (Wildman–Crippen MR) is 86.6 cm³/mol. The monoisotopic (exact) mass is 326 g/mol. The standard InChI is InChI=1S/C16H22N2O3.ClH/c1-11(9-17-2)16(19)18-7-3-4-13(18)12-5-6-14-15(8-12)21-10-20-14;/h5-6,8,11,13,17H,3-4,7,9-10H2,1-2H3;1H. The van der Waals surface area contributed by atoms with Gasteiger partial charge >= 0.3 is 0 Å². The number of hydrogen-bond donors (Lipinski definition) is 1. The first-order valence-corrected chi connectivity index (χ1v) is 7.55. The largest absolute Gasteiger partial charge is 0.454 e. The van der Waals surface area contributed by atoms with Crippen LogP contribution in [0.5, 0.6) is 11.5 Å². The molecule has 5 nitrogen and oxygen atoms in total. The number of benzene rings is 1. The Morgan fingerprint density at radius 2 is 2.18 bits per heavy atom. The first-order chi connectivity index (χ1) is 10.2. The van der Waals surface area contributed by atoms with Crippen LogP contribution in [-0.4, -0.2) is 37.7 Å². The molecule has 22 heavy (non-hydrogen) atoms. The Kier molecular flexibility index (Phi) is 5.53. The normalized spacial score (nSPS) is 20.6. The van der Waals surface area contributed by atoms with Crippen LogP contribution in [0.4, 0.5) is 0 Å². The summed E-state index contributed by atoms with van der Waals surface area (Å²) in [6, 6.07) is 6.16. The lowest BCUT2D eigenvalue weighted by Gasteiger charge is -2.28. The van der Waals surface area contributed by atoms with Gasteiger partial charge in [0.15, 0.2) is 11.5 Å². The van der Waals surface area contributed by atoms with E-state index in [-0.39, 0.29) is 37.1 Å². The third-order valence-corrected chi connectivity index (χ3v) is 4.25. The highest BCUT2D eigenvalue weighted by atomic mass is 35.5. The van der Waals surface area contributed by atoms with Gasteiger partial charge in [0, 0.05) is 19.0 Å². The van der Waals surface area contributed by atoms with Crippen molar-refractivity contribution >= 4 is 18.3 Å². The molecule has 2 aliphatic rings. The van der Waals surface area contributed by atoms with Crippen molar-refractivity contribution in [2.75, 3.05) is 26.9 Å². The minimum Gasteiger partial charge on any atom is -0.454 e. The minimum atomic E-state index is 0. The van der Waals surface area contributed by atoms with Crippen LogP contribution in [0.2, 0.25) is 0 Å². The summed E-state index contributed by atoms with van der Waals surface area (Å²) in [5, 5.41) is 3.08. The molecule has 0 aliphatic carbocycles. The van der Waals surface area contributed by atoms with Crippen LogP contribution in [0, 0.1) is 5.92 Å². The SMILES string of the molecule is CNCC(C)C(=O)N1CCCC1c1ccc2c(c1)OCO2.Cl. The Labute approximate surface area is 137 Å². The van der Waals surface area contributed by atoms with Gasteiger partial charge in [-0.1, -0.05) is 13.0 Å². The van der Waals surface area contributed by atoms with Crippen LogP contribution < -0.4 is 14.8 Å². The summed E-state index contributed by atoms with van der Waals surface area (Å²) in [5.41, 5.74) is 1.14. The summed E-state index contributed by atoms with van der Waals surface area (Å²) in [7, 11) is 1.88. The molecule has 3 rings (SSSR count). The van der Waals surface area contributed by atoms with Gasteiger partial charge in [0.25, 0.3) is 0 Å². The molecule has 0 spiro atoms. The van der Waals surface area contributed by atoms with Gasteiger partial charge in [-0.25, -0.2) is 0 Å². The van der Waals surface area contributed by atoms with Crippen LogP contribution in [0.3, 0.4) is 0 Å². The van der Waals surface area contributed by atoms with E-state index in [9.17, 15) is 4.79 Å². The molecule has 0 saturated carbocycles. The van der Waals surface area contributed by atoms with Crippen molar-refractivity contribution in [2.45, 2.75) is 25.8 Å². The van der Waals surface area contributed by atoms with Gasteiger partial charge in [0.1, 0.15) is 0 Å². The van der Waals surface area contributed by atoms with Gasteiger partial charge in [-0.3, -0.25) is 4.79 Å². The van der Waals surface area contributed by atoms with Crippen molar-refractivity contribution in [1.82, 2.24) is 10.2 Å². The highest BCUT2D eigenvalue weighted by Gasteiger charge is 2.32. The maximum Gasteiger partial charge on any atom is 0.231 e. The lowest BCUT2D eigenvalue weighted by atomic mass is 10.0. The molecule has 1 aromatic carbocycles. The number of nitrogens with one attached hydrogen (secondary N) is 1. The average Bonchev–Trinajstić information content (AvgIpc) is 3.14. The Morgan fingerprint density at radius 1 is 1.41 bits per heavy atom. The molecule has 1 fully saturated rings. The van der Waals surface area contributed by atoms with E-state index in [0.717, 1.165) is 36.4 Å². The molecule has 0 radical (unpaired) electrons. The number of nitrogens with zero attached hydrogens (tertiary/aromatic N) is 1. The van der Waals surface area contributed by atoms with E-state index < -0.39 is 0 Å². The molecule has 2 heterocycles. The van der Waals surface area contributed by atoms with E-state index in [1.807, 2.05) is 37.1 Å². The summed E-state index contributed by atoms with van der Waals surface area (Å²) in [6.45, 7) is 3.81. The number of amides is 1. The van der Waals surface area contributed by atoms with E-state index in [2.05, 4.69) is 5.32 Å². The molecular weight excluding hydrogens is 304 g/mol. The zero-order valence-electron chi connectivity index (χ0n) is 13.0. The molecule has 1 N–H and O–H groups in total. The van der Waals surface area contributed by atoms with E-state index in [1.165, 1.54) is 0 Å². The zero-order valence-corrected chi connectivity index (χ0v) is 13.8. The van der Waals surface area contributed by atoms with Gasteiger partial charge in [-0.05, 0) is 37.6 Å². The predicted octanol–water partition coefficient (Wildman–Crippen LogP) is 2.36. The number of ether oxygens (including phenoxy) is 2. The van der Waals surface area contributed by atoms with Gasteiger partial charge in [0.2, 0.25) is 12.7 Å². The molecule has 0 aromatic heterocycles. The Hall–Kier alpha value is -1.46. The Bertz CT molecular complexity index is 538. The first kappa shape index (κ1) is 16.9. The van der Waals surface area contributed by atoms with Crippen molar-refractivity contribution in [2.24, 2.45) is 5.92 Å². The van der Waals surface area contributed by atoms with E-state index in [4.69, 9.17) is 9.47 Å². The number of carbonyl (C=O) groups excluding carboxylic acids is 1. The topological polar surface area (TPSA) is 50.8 Å². The van der Waals surface area contributed by atoms with Crippen molar-refractivity contribution in [3.8, 4) is 11.5 Å². The highest BCUT2D eigenvalue weighted by molar-refractivity contribution is 5.85. The number of likely N-dealkylation sites (tertiary alicyclic amines) is 1.